The lowest BCUT2D eigenvalue weighted by molar-refractivity contribution is -0.154. The molecule has 2 amide bonds. The van der Waals surface area contributed by atoms with E-state index in [1.54, 1.807) is 0 Å². The first-order chi connectivity index (χ1) is 9.77. The van der Waals surface area contributed by atoms with Crippen LogP contribution in [-0.4, -0.2) is 34.3 Å². The second kappa shape index (κ2) is 5.58. The maximum absolute atomic E-state index is 12.6. The number of anilines is 1. The number of rotatable bonds is 3. The monoisotopic (exact) mass is 303 g/mol. The van der Waals surface area contributed by atoms with Gasteiger partial charge in [-0.05, 0) is 24.5 Å². The van der Waals surface area contributed by atoms with Gasteiger partial charge in [0.05, 0.1) is 11.9 Å². The molecule has 2 atom stereocenters. The minimum atomic E-state index is -4.48. The molecule has 0 aliphatic carbocycles. The minimum absolute atomic E-state index is 0.0105. The van der Waals surface area contributed by atoms with Crippen LogP contribution in [-0.2, 0) is 11.2 Å². The first kappa shape index (κ1) is 15.1. The van der Waals surface area contributed by atoms with Gasteiger partial charge in [0.25, 0.3) is 0 Å². The smallest absolute Gasteiger partial charge is 0.409 e. The Morgan fingerprint density at radius 1 is 1.52 bits per heavy atom. The topological polar surface area (TPSA) is 91.3 Å². The summed E-state index contributed by atoms with van der Waals surface area (Å²) in [6, 6.07) is -0.382. The molecule has 114 valence electrons. The Hall–Kier alpha value is -2.32. The molecule has 9 heteroatoms. The largest absolute Gasteiger partial charge is 0.465 e. The van der Waals surface area contributed by atoms with Crippen LogP contribution >= 0.6 is 0 Å². The summed E-state index contributed by atoms with van der Waals surface area (Å²) in [5, 5.41) is 12.7. The van der Waals surface area contributed by atoms with Gasteiger partial charge >= 0.3 is 12.3 Å². The van der Waals surface area contributed by atoms with Crippen LogP contribution in [0.2, 0.25) is 0 Å². The lowest BCUT2D eigenvalue weighted by Gasteiger charge is -2.14. The van der Waals surface area contributed by atoms with E-state index >= 15 is 0 Å². The number of carboxylic acid groups (broad SMARTS) is 1. The minimum Gasteiger partial charge on any atom is -0.465 e. The van der Waals surface area contributed by atoms with Crippen LogP contribution in [0.5, 0.6) is 0 Å². The Kier molecular flexibility index (Phi) is 4.01. The number of pyridine rings is 1. The number of carbonyl (C=O) groups is 2. The molecule has 1 saturated heterocycles. The molecule has 0 bridgehead atoms. The van der Waals surface area contributed by atoms with Gasteiger partial charge in [0, 0.05) is 12.1 Å². The van der Waals surface area contributed by atoms with E-state index in [2.05, 4.69) is 10.3 Å². The van der Waals surface area contributed by atoms with Gasteiger partial charge in [-0.15, -0.1) is 0 Å². The number of amides is 2. The standard InChI is InChI=1S/C12H12F3N3O3/c13-12(14,15)9-4-7(10(19)18-9)3-6-1-2-16-5-8(6)17-11(20)21/h1-2,5,7,9,17H,3-4H2,(H,18,19)(H,20,21)/t7-,9+/m1/s1. The zero-order valence-electron chi connectivity index (χ0n) is 10.6. The number of halogens is 3. The van der Waals surface area contributed by atoms with Crippen molar-refractivity contribution in [2.45, 2.75) is 25.1 Å². The summed E-state index contributed by atoms with van der Waals surface area (Å²) >= 11 is 0. The number of carbonyl (C=O) groups excluding carboxylic acids is 1. The van der Waals surface area contributed by atoms with Crippen molar-refractivity contribution >= 4 is 17.7 Å². The molecule has 2 heterocycles. The zero-order valence-corrected chi connectivity index (χ0v) is 10.6. The molecule has 1 aromatic heterocycles. The normalized spacial score (nSPS) is 22.0. The predicted octanol–water partition coefficient (Wildman–Crippen LogP) is 1.78. The van der Waals surface area contributed by atoms with E-state index in [9.17, 15) is 22.8 Å². The van der Waals surface area contributed by atoms with Crippen LogP contribution in [0.3, 0.4) is 0 Å². The molecule has 1 aromatic rings. The first-order valence-electron chi connectivity index (χ1n) is 6.07. The summed E-state index contributed by atoms with van der Waals surface area (Å²) in [5.41, 5.74) is 0.587. The van der Waals surface area contributed by atoms with Gasteiger partial charge in [0.1, 0.15) is 6.04 Å². The van der Waals surface area contributed by atoms with Crippen LogP contribution in [0.4, 0.5) is 23.7 Å². The van der Waals surface area contributed by atoms with Crippen molar-refractivity contribution in [3.63, 3.8) is 0 Å². The SMILES string of the molecule is O=C(O)Nc1cnccc1C[C@@H]1C[C@@H](C(F)(F)F)NC1=O. The summed E-state index contributed by atoms with van der Waals surface area (Å²) in [6.45, 7) is 0. The van der Waals surface area contributed by atoms with E-state index in [0.29, 0.717) is 5.56 Å². The molecular weight excluding hydrogens is 291 g/mol. The Bertz CT molecular complexity index is 562. The van der Waals surface area contributed by atoms with Crippen molar-refractivity contribution in [1.29, 1.82) is 0 Å². The molecule has 0 aromatic carbocycles. The van der Waals surface area contributed by atoms with Crippen LogP contribution in [0.15, 0.2) is 18.5 Å². The van der Waals surface area contributed by atoms with Crippen molar-refractivity contribution in [1.82, 2.24) is 10.3 Å². The van der Waals surface area contributed by atoms with E-state index in [-0.39, 0.29) is 18.5 Å². The second-order valence-electron chi connectivity index (χ2n) is 4.70. The molecule has 3 N–H and O–H groups in total. The van der Waals surface area contributed by atoms with E-state index in [1.807, 2.05) is 5.32 Å². The molecule has 0 radical (unpaired) electrons. The molecule has 2 rings (SSSR count). The maximum atomic E-state index is 12.6. The molecule has 1 fully saturated rings. The third-order valence-corrected chi connectivity index (χ3v) is 3.22. The molecule has 1 aliphatic rings. The summed E-state index contributed by atoms with van der Waals surface area (Å²) in [5.74, 6) is -1.54. The van der Waals surface area contributed by atoms with Crippen molar-refractivity contribution in [2.24, 2.45) is 5.92 Å². The summed E-state index contributed by atoms with van der Waals surface area (Å²) in [6.07, 6.45) is -3.51. The average Bonchev–Trinajstić information content (AvgIpc) is 2.73. The highest BCUT2D eigenvalue weighted by atomic mass is 19.4. The van der Waals surface area contributed by atoms with Crippen LogP contribution in [0.1, 0.15) is 12.0 Å². The van der Waals surface area contributed by atoms with Gasteiger partial charge in [-0.1, -0.05) is 0 Å². The van der Waals surface area contributed by atoms with Crippen LogP contribution in [0.25, 0.3) is 0 Å². The molecule has 21 heavy (non-hydrogen) atoms. The molecule has 0 unspecified atom stereocenters. The Morgan fingerprint density at radius 3 is 2.81 bits per heavy atom. The van der Waals surface area contributed by atoms with Gasteiger partial charge in [-0.2, -0.15) is 13.2 Å². The average molecular weight is 303 g/mol. The highest BCUT2D eigenvalue weighted by Gasteiger charge is 2.47. The fourth-order valence-corrected chi connectivity index (χ4v) is 2.23. The summed E-state index contributed by atoms with van der Waals surface area (Å²) < 4.78 is 37.7. The van der Waals surface area contributed by atoms with E-state index in [1.165, 1.54) is 18.5 Å². The van der Waals surface area contributed by atoms with E-state index in [4.69, 9.17) is 5.11 Å². The molecule has 1 aliphatic heterocycles. The fourth-order valence-electron chi connectivity index (χ4n) is 2.23. The third-order valence-electron chi connectivity index (χ3n) is 3.22. The zero-order chi connectivity index (χ0) is 15.6. The first-order valence-corrected chi connectivity index (χ1v) is 6.07. The Morgan fingerprint density at radius 2 is 2.24 bits per heavy atom. The fraction of sp³-hybridized carbons (Fsp3) is 0.417. The third kappa shape index (κ3) is 3.61. The lowest BCUT2D eigenvalue weighted by Crippen LogP contribution is -2.38. The maximum Gasteiger partial charge on any atom is 0.409 e. The van der Waals surface area contributed by atoms with Crippen molar-refractivity contribution in [3.8, 4) is 0 Å². The highest BCUT2D eigenvalue weighted by molar-refractivity contribution is 5.85. The summed E-state index contributed by atoms with van der Waals surface area (Å²) in [4.78, 5) is 26.0. The molecule has 0 spiro atoms. The molecular formula is C12H12F3N3O3. The van der Waals surface area contributed by atoms with Gasteiger partial charge in [0.2, 0.25) is 5.91 Å². The van der Waals surface area contributed by atoms with Crippen LogP contribution < -0.4 is 10.6 Å². The van der Waals surface area contributed by atoms with Gasteiger partial charge in [-0.3, -0.25) is 15.1 Å². The molecule has 6 nitrogen and oxygen atoms in total. The van der Waals surface area contributed by atoms with Crippen LogP contribution in [0, 0.1) is 5.92 Å². The van der Waals surface area contributed by atoms with Gasteiger partial charge < -0.3 is 10.4 Å². The lowest BCUT2D eigenvalue weighted by atomic mass is 9.95. The number of alkyl halides is 3. The van der Waals surface area contributed by atoms with Crippen molar-refractivity contribution < 1.29 is 27.9 Å². The Balaban J connectivity index is 2.12. The Labute approximate surface area is 117 Å². The summed E-state index contributed by atoms with van der Waals surface area (Å²) in [7, 11) is 0. The highest BCUT2D eigenvalue weighted by Crippen LogP contribution is 2.32. The number of aromatic nitrogens is 1. The second-order valence-corrected chi connectivity index (χ2v) is 4.70. The van der Waals surface area contributed by atoms with Gasteiger partial charge in [-0.25, -0.2) is 4.79 Å². The van der Waals surface area contributed by atoms with Crippen molar-refractivity contribution in [2.75, 3.05) is 5.32 Å². The number of nitrogens with one attached hydrogen (secondary N) is 2. The number of hydrogen-bond donors (Lipinski definition) is 3. The predicted molar refractivity (Wildman–Crippen MR) is 65.7 cm³/mol. The number of hydrogen-bond acceptors (Lipinski definition) is 3. The van der Waals surface area contributed by atoms with Gasteiger partial charge in [0.15, 0.2) is 0 Å². The van der Waals surface area contributed by atoms with Crippen molar-refractivity contribution in [3.05, 3.63) is 24.0 Å². The molecule has 0 saturated carbocycles. The van der Waals surface area contributed by atoms with E-state index < -0.39 is 30.1 Å². The number of nitrogens with zero attached hydrogens (tertiary/aromatic N) is 1. The quantitative estimate of drug-likeness (QED) is 0.794. The van der Waals surface area contributed by atoms with E-state index in [0.717, 1.165) is 0 Å².